The minimum atomic E-state index is 0.308. The van der Waals surface area contributed by atoms with Crippen molar-refractivity contribution in [2.24, 2.45) is 5.18 Å². The van der Waals surface area contributed by atoms with Gasteiger partial charge in [0.1, 0.15) is 11.4 Å². The molecule has 12 heavy (non-hydrogen) atoms. The molecule has 0 radical (unpaired) electrons. The predicted octanol–water partition coefficient (Wildman–Crippen LogP) is 2.74. The first-order valence-corrected chi connectivity index (χ1v) is 3.45. The SMILES string of the molecule is C=Cc1ccc(N=O)c(OC)c1. The fourth-order valence-corrected chi connectivity index (χ4v) is 0.897. The van der Waals surface area contributed by atoms with Crippen LogP contribution in [0.15, 0.2) is 30.0 Å². The zero-order valence-corrected chi connectivity index (χ0v) is 6.78. The lowest BCUT2D eigenvalue weighted by Crippen LogP contribution is -1.83. The Morgan fingerprint density at radius 1 is 1.58 bits per heavy atom. The van der Waals surface area contributed by atoms with Crippen LogP contribution in [0.25, 0.3) is 6.08 Å². The zero-order valence-electron chi connectivity index (χ0n) is 6.78. The molecule has 0 unspecified atom stereocenters. The Kier molecular flexibility index (Phi) is 2.58. The van der Waals surface area contributed by atoms with Crippen LogP contribution in [-0.4, -0.2) is 7.11 Å². The van der Waals surface area contributed by atoms with Gasteiger partial charge in [-0.05, 0) is 22.9 Å². The molecule has 0 atom stereocenters. The quantitative estimate of drug-likeness (QED) is 0.642. The summed E-state index contributed by atoms with van der Waals surface area (Å²) in [7, 11) is 1.50. The average molecular weight is 163 g/mol. The van der Waals surface area contributed by atoms with E-state index < -0.39 is 0 Å². The van der Waals surface area contributed by atoms with Gasteiger partial charge in [0, 0.05) is 0 Å². The van der Waals surface area contributed by atoms with Gasteiger partial charge in [-0.3, -0.25) is 0 Å². The minimum absolute atomic E-state index is 0.308. The van der Waals surface area contributed by atoms with E-state index in [1.807, 2.05) is 0 Å². The molecule has 0 fully saturated rings. The largest absolute Gasteiger partial charge is 0.494 e. The molecule has 0 spiro atoms. The number of hydrogen-bond acceptors (Lipinski definition) is 3. The highest BCUT2D eigenvalue weighted by atomic mass is 16.5. The van der Waals surface area contributed by atoms with Gasteiger partial charge in [0.15, 0.2) is 0 Å². The number of ether oxygens (including phenoxy) is 1. The van der Waals surface area contributed by atoms with E-state index in [2.05, 4.69) is 11.8 Å². The Hall–Kier alpha value is -1.64. The molecule has 62 valence electrons. The number of benzene rings is 1. The maximum Gasteiger partial charge on any atom is 0.149 e. The number of rotatable bonds is 3. The summed E-state index contributed by atoms with van der Waals surface area (Å²) in [4.78, 5) is 10.2. The van der Waals surface area contributed by atoms with Gasteiger partial charge < -0.3 is 4.74 Å². The number of methoxy groups -OCH3 is 1. The second-order valence-corrected chi connectivity index (χ2v) is 2.23. The van der Waals surface area contributed by atoms with Crippen molar-refractivity contribution in [3.63, 3.8) is 0 Å². The van der Waals surface area contributed by atoms with Crippen molar-refractivity contribution in [3.05, 3.63) is 35.2 Å². The zero-order chi connectivity index (χ0) is 8.97. The van der Waals surface area contributed by atoms with Crippen molar-refractivity contribution in [1.82, 2.24) is 0 Å². The molecule has 0 saturated heterocycles. The lowest BCUT2D eigenvalue weighted by molar-refractivity contribution is 0.416. The molecule has 1 rings (SSSR count). The Morgan fingerprint density at radius 2 is 2.33 bits per heavy atom. The van der Waals surface area contributed by atoms with Gasteiger partial charge in [0.25, 0.3) is 0 Å². The summed E-state index contributed by atoms with van der Waals surface area (Å²) in [5, 5.41) is 2.81. The summed E-state index contributed by atoms with van der Waals surface area (Å²) in [6.45, 7) is 3.60. The van der Waals surface area contributed by atoms with Gasteiger partial charge in [-0.2, -0.15) is 0 Å². The monoisotopic (exact) mass is 163 g/mol. The Morgan fingerprint density at radius 3 is 2.83 bits per heavy atom. The molecular formula is C9H9NO2. The topological polar surface area (TPSA) is 38.7 Å². The summed E-state index contributed by atoms with van der Waals surface area (Å²) in [5.41, 5.74) is 1.21. The van der Waals surface area contributed by atoms with E-state index in [9.17, 15) is 4.91 Å². The van der Waals surface area contributed by atoms with E-state index in [0.29, 0.717) is 11.4 Å². The van der Waals surface area contributed by atoms with E-state index in [-0.39, 0.29) is 0 Å². The number of nitroso groups, excluding NO2 is 1. The molecule has 0 heterocycles. The molecule has 3 nitrogen and oxygen atoms in total. The normalized spacial score (nSPS) is 9.08. The van der Waals surface area contributed by atoms with Crippen LogP contribution in [0.4, 0.5) is 5.69 Å². The lowest BCUT2D eigenvalue weighted by Gasteiger charge is -2.02. The lowest BCUT2D eigenvalue weighted by atomic mass is 10.2. The maximum absolute atomic E-state index is 10.2. The summed E-state index contributed by atoms with van der Waals surface area (Å²) in [6, 6.07) is 5.07. The average Bonchev–Trinajstić information content (AvgIpc) is 2.16. The predicted molar refractivity (Wildman–Crippen MR) is 48.5 cm³/mol. The van der Waals surface area contributed by atoms with Crippen molar-refractivity contribution in [3.8, 4) is 5.75 Å². The molecular weight excluding hydrogens is 154 g/mol. The third-order valence-corrected chi connectivity index (χ3v) is 1.54. The first kappa shape index (κ1) is 8.46. The molecule has 1 aromatic carbocycles. The fourth-order valence-electron chi connectivity index (χ4n) is 0.897. The summed E-state index contributed by atoms with van der Waals surface area (Å²) < 4.78 is 4.94. The molecule has 0 amide bonds. The van der Waals surface area contributed by atoms with Gasteiger partial charge in [0.2, 0.25) is 0 Å². The molecule has 0 bridgehead atoms. The van der Waals surface area contributed by atoms with Crippen molar-refractivity contribution < 1.29 is 4.74 Å². The maximum atomic E-state index is 10.2. The summed E-state index contributed by atoms with van der Waals surface area (Å²) in [5.74, 6) is 0.474. The highest BCUT2D eigenvalue weighted by Gasteiger charge is 2.01. The van der Waals surface area contributed by atoms with Crippen LogP contribution in [0.3, 0.4) is 0 Å². The van der Waals surface area contributed by atoms with Gasteiger partial charge in [-0.1, -0.05) is 18.7 Å². The molecule has 0 aromatic heterocycles. The molecule has 3 heteroatoms. The van der Waals surface area contributed by atoms with E-state index in [1.54, 1.807) is 24.3 Å². The van der Waals surface area contributed by atoms with Crippen LogP contribution in [0.5, 0.6) is 5.75 Å². The fraction of sp³-hybridized carbons (Fsp3) is 0.111. The van der Waals surface area contributed by atoms with Crippen molar-refractivity contribution in [2.45, 2.75) is 0 Å². The summed E-state index contributed by atoms with van der Waals surface area (Å²) >= 11 is 0. The van der Waals surface area contributed by atoms with Gasteiger partial charge in [0.05, 0.1) is 7.11 Å². The Balaban J connectivity index is 3.18. The molecule has 0 aliphatic rings. The van der Waals surface area contributed by atoms with Gasteiger partial charge >= 0.3 is 0 Å². The van der Waals surface area contributed by atoms with Crippen LogP contribution in [0, 0.1) is 4.91 Å². The third kappa shape index (κ3) is 1.50. The van der Waals surface area contributed by atoms with Crippen molar-refractivity contribution in [1.29, 1.82) is 0 Å². The molecule has 0 N–H and O–H groups in total. The van der Waals surface area contributed by atoms with Crippen LogP contribution in [0.2, 0.25) is 0 Å². The number of nitrogens with zero attached hydrogens (tertiary/aromatic N) is 1. The van der Waals surface area contributed by atoms with E-state index in [4.69, 9.17) is 4.74 Å². The second-order valence-electron chi connectivity index (χ2n) is 2.23. The molecule has 0 aliphatic heterocycles. The number of hydrogen-bond donors (Lipinski definition) is 0. The molecule has 0 saturated carbocycles. The van der Waals surface area contributed by atoms with Crippen LogP contribution in [0.1, 0.15) is 5.56 Å². The molecule has 0 aliphatic carbocycles. The van der Waals surface area contributed by atoms with Crippen molar-refractivity contribution in [2.75, 3.05) is 7.11 Å². The van der Waals surface area contributed by atoms with Crippen LogP contribution in [-0.2, 0) is 0 Å². The Bertz CT molecular complexity index is 307. The first-order chi connectivity index (χ1) is 5.81. The summed E-state index contributed by atoms with van der Waals surface area (Å²) in [6.07, 6.45) is 1.68. The standard InChI is InChI=1S/C9H9NO2/c1-3-7-4-5-8(10-11)9(6-7)12-2/h3-6H,1H2,2H3. The second kappa shape index (κ2) is 3.67. The highest BCUT2D eigenvalue weighted by molar-refractivity contribution is 5.59. The first-order valence-electron chi connectivity index (χ1n) is 3.45. The van der Waals surface area contributed by atoms with E-state index in [1.165, 1.54) is 7.11 Å². The third-order valence-electron chi connectivity index (χ3n) is 1.54. The van der Waals surface area contributed by atoms with E-state index in [0.717, 1.165) is 5.56 Å². The van der Waals surface area contributed by atoms with E-state index >= 15 is 0 Å². The highest BCUT2D eigenvalue weighted by Crippen LogP contribution is 2.28. The molecule has 1 aromatic rings. The van der Waals surface area contributed by atoms with Gasteiger partial charge in [-0.25, -0.2) is 0 Å². The smallest absolute Gasteiger partial charge is 0.149 e. The minimum Gasteiger partial charge on any atom is -0.494 e. The van der Waals surface area contributed by atoms with Crippen LogP contribution < -0.4 is 4.74 Å². The van der Waals surface area contributed by atoms with Gasteiger partial charge in [-0.15, -0.1) is 4.91 Å². The van der Waals surface area contributed by atoms with Crippen molar-refractivity contribution >= 4 is 11.8 Å². The Labute approximate surface area is 70.6 Å². The van der Waals surface area contributed by atoms with Crippen LogP contribution >= 0.6 is 0 Å².